The van der Waals surface area contributed by atoms with E-state index in [1.165, 1.54) is 12.1 Å². The topological polar surface area (TPSA) is 71.6 Å². The molecule has 0 fully saturated rings. The number of rotatable bonds is 5. The summed E-state index contributed by atoms with van der Waals surface area (Å²) in [6, 6.07) is 12.8. The van der Waals surface area contributed by atoms with E-state index < -0.39 is 11.7 Å². The molecular formula is C21H17ClFN5O. The zero-order chi connectivity index (χ0) is 20.4. The highest BCUT2D eigenvalue weighted by atomic mass is 35.5. The van der Waals surface area contributed by atoms with E-state index in [1.54, 1.807) is 24.1 Å². The van der Waals surface area contributed by atoms with Gasteiger partial charge < -0.3 is 5.32 Å². The number of aryl methyl sites for hydroxylation is 1. The number of carbonyl (C=O) groups excluding carboxylic acids is 1. The Labute approximate surface area is 171 Å². The molecule has 0 aliphatic carbocycles. The lowest BCUT2D eigenvalue weighted by atomic mass is 10.1. The van der Waals surface area contributed by atoms with E-state index in [0.717, 1.165) is 16.8 Å². The van der Waals surface area contributed by atoms with Crippen LogP contribution in [0.1, 0.15) is 5.56 Å². The molecule has 8 heteroatoms. The van der Waals surface area contributed by atoms with Crippen LogP contribution in [0, 0.1) is 5.82 Å². The SMILES string of the molecule is Cn1cc(-c2cc(Cl)c(F)c(NC(=O)C3=NCC(Cc4ccccc4)=N3)c2)cn1. The lowest BCUT2D eigenvalue weighted by Crippen LogP contribution is -2.21. The molecule has 0 saturated carbocycles. The smallest absolute Gasteiger partial charge is 0.293 e. The first-order chi connectivity index (χ1) is 14.0. The van der Waals surface area contributed by atoms with Crippen LogP contribution in [-0.2, 0) is 18.3 Å². The second-order valence-corrected chi connectivity index (χ2v) is 7.06. The Morgan fingerprint density at radius 3 is 2.76 bits per heavy atom. The largest absolute Gasteiger partial charge is 0.317 e. The quantitative estimate of drug-likeness (QED) is 0.693. The van der Waals surface area contributed by atoms with Crippen LogP contribution in [0.3, 0.4) is 0 Å². The maximum Gasteiger partial charge on any atom is 0.293 e. The molecule has 2 heterocycles. The molecule has 1 amide bonds. The molecule has 4 rings (SSSR count). The third kappa shape index (κ3) is 4.25. The van der Waals surface area contributed by atoms with Crippen molar-refractivity contribution in [2.75, 3.05) is 11.9 Å². The van der Waals surface area contributed by atoms with Gasteiger partial charge in [0.05, 0.1) is 23.5 Å². The van der Waals surface area contributed by atoms with Crippen LogP contribution >= 0.6 is 11.6 Å². The number of carbonyl (C=O) groups is 1. The van der Waals surface area contributed by atoms with E-state index in [2.05, 4.69) is 20.4 Å². The summed E-state index contributed by atoms with van der Waals surface area (Å²) in [6.45, 7) is 0.344. The molecule has 29 heavy (non-hydrogen) atoms. The normalized spacial score (nSPS) is 13.2. The van der Waals surface area contributed by atoms with Crippen molar-refractivity contribution >= 4 is 34.7 Å². The average Bonchev–Trinajstić information content (AvgIpc) is 3.35. The minimum Gasteiger partial charge on any atom is -0.317 e. The Bertz CT molecular complexity index is 1140. The number of hydrogen-bond donors (Lipinski definition) is 1. The van der Waals surface area contributed by atoms with Gasteiger partial charge in [-0.25, -0.2) is 9.38 Å². The molecule has 0 bridgehead atoms. The van der Waals surface area contributed by atoms with Crippen molar-refractivity contribution in [1.82, 2.24) is 9.78 Å². The third-order valence-corrected chi connectivity index (χ3v) is 4.72. The van der Waals surface area contributed by atoms with Gasteiger partial charge in [-0.3, -0.25) is 14.5 Å². The van der Waals surface area contributed by atoms with Gasteiger partial charge in [-0.1, -0.05) is 41.9 Å². The maximum atomic E-state index is 14.5. The first kappa shape index (κ1) is 19.0. The summed E-state index contributed by atoms with van der Waals surface area (Å²) in [5.74, 6) is -1.26. The molecular weight excluding hydrogens is 393 g/mol. The third-order valence-electron chi connectivity index (χ3n) is 4.44. The van der Waals surface area contributed by atoms with E-state index >= 15 is 0 Å². The van der Waals surface area contributed by atoms with Gasteiger partial charge in [0.2, 0.25) is 5.84 Å². The van der Waals surface area contributed by atoms with Crippen LogP contribution in [0.2, 0.25) is 5.02 Å². The fourth-order valence-corrected chi connectivity index (χ4v) is 3.25. The lowest BCUT2D eigenvalue weighted by molar-refractivity contribution is -0.110. The summed E-state index contributed by atoms with van der Waals surface area (Å²) in [5, 5.41) is 6.53. The van der Waals surface area contributed by atoms with Crippen LogP contribution in [-0.4, -0.2) is 33.8 Å². The minimum absolute atomic E-state index is 0.0261. The molecule has 1 aromatic heterocycles. The molecule has 1 N–H and O–H groups in total. The van der Waals surface area contributed by atoms with E-state index in [1.807, 2.05) is 30.3 Å². The molecule has 3 aromatic rings. The number of nitrogens with zero attached hydrogens (tertiary/aromatic N) is 4. The molecule has 0 saturated heterocycles. The number of benzene rings is 2. The molecule has 6 nitrogen and oxygen atoms in total. The van der Waals surface area contributed by atoms with Gasteiger partial charge in [0, 0.05) is 30.9 Å². The van der Waals surface area contributed by atoms with Gasteiger partial charge in [0.15, 0.2) is 5.82 Å². The van der Waals surface area contributed by atoms with Gasteiger partial charge in [0.1, 0.15) is 0 Å². The van der Waals surface area contributed by atoms with Crippen LogP contribution in [0.4, 0.5) is 10.1 Å². The van der Waals surface area contributed by atoms with Gasteiger partial charge in [-0.15, -0.1) is 0 Å². The van der Waals surface area contributed by atoms with E-state index in [9.17, 15) is 9.18 Å². The second kappa shape index (κ2) is 7.97. The lowest BCUT2D eigenvalue weighted by Gasteiger charge is -2.09. The van der Waals surface area contributed by atoms with Crippen molar-refractivity contribution in [2.45, 2.75) is 6.42 Å². The Morgan fingerprint density at radius 1 is 1.24 bits per heavy atom. The average molecular weight is 410 g/mol. The van der Waals surface area contributed by atoms with Crippen molar-refractivity contribution in [1.29, 1.82) is 0 Å². The van der Waals surface area contributed by atoms with E-state index in [0.29, 0.717) is 18.5 Å². The highest BCUT2D eigenvalue weighted by Gasteiger charge is 2.20. The number of hydrogen-bond acceptors (Lipinski definition) is 4. The molecule has 0 spiro atoms. The fourth-order valence-electron chi connectivity index (χ4n) is 3.03. The minimum atomic E-state index is -0.709. The van der Waals surface area contributed by atoms with Crippen LogP contribution in [0.15, 0.2) is 64.8 Å². The highest BCUT2D eigenvalue weighted by Crippen LogP contribution is 2.30. The molecule has 146 valence electrons. The Balaban J connectivity index is 1.52. The van der Waals surface area contributed by atoms with Gasteiger partial charge >= 0.3 is 0 Å². The Hall–Kier alpha value is -3.32. The summed E-state index contributed by atoms with van der Waals surface area (Å²) >= 11 is 6.02. The first-order valence-corrected chi connectivity index (χ1v) is 9.31. The summed E-state index contributed by atoms with van der Waals surface area (Å²) in [5.41, 5.74) is 3.23. The van der Waals surface area contributed by atoms with Crippen molar-refractivity contribution in [3.63, 3.8) is 0 Å². The van der Waals surface area contributed by atoms with Gasteiger partial charge in [0.25, 0.3) is 5.91 Å². The second-order valence-electron chi connectivity index (χ2n) is 6.66. The number of anilines is 1. The molecule has 0 unspecified atom stereocenters. The van der Waals surface area contributed by atoms with E-state index in [-0.39, 0.29) is 16.5 Å². The molecule has 0 radical (unpaired) electrons. The van der Waals surface area contributed by atoms with Crippen LogP contribution in [0.5, 0.6) is 0 Å². The number of nitrogens with one attached hydrogen (secondary N) is 1. The molecule has 1 aliphatic heterocycles. The predicted octanol–water partition coefficient (Wildman–Crippen LogP) is 3.91. The Morgan fingerprint density at radius 2 is 2.03 bits per heavy atom. The van der Waals surface area contributed by atoms with Gasteiger partial charge in [-0.2, -0.15) is 5.10 Å². The predicted molar refractivity (Wildman–Crippen MR) is 112 cm³/mol. The van der Waals surface area contributed by atoms with Crippen LogP contribution < -0.4 is 5.32 Å². The summed E-state index contributed by atoms with van der Waals surface area (Å²) < 4.78 is 16.1. The first-order valence-electron chi connectivity index (χ1n) is 8.94. The summed E-state index contributed by atoms with van der Waals surface area (Å²) in [4.78, 5) is 21.0. The van der Waals surface area contributed by atoms with Crippen molar-refractivity contribution in [2.24, 2.45) is 17.0 Å². The number of amidine groups is 1. The highest BCUT2D eigenvalue weighted by molar-refractivity contribution is 6.45. The zero-order valence-electron chi connectivity index (χ0n) is 15.6. The monoisotopic (exact) mass is 409 g/mol. The molecule has 2 aromatic carbocycles. The molecule has 1 aliphatic rings. The standard InChI is InChI=1S/C21H17ClFN5O/c1-28-12-15(10-25-28)14-8-17(22)19(23)18(9-14)27-21(29)20-24-11-16(26-20)7-13-5-3-2-4-6-13/h2-6,8-10,12H,7,11H2,1H3,(H,27,29). The Kier molecular flexibility index (Phi) is 5.22. The van der Waals surface area contributed by atoms with Crippen LogP contribution in [0.25, 0.3) is 11.1 Å². The number of aromatic nitrogens is 2. The van der Waals surface area contributed by atoms with Crippen molar-refractivity contribution in [3.8, 4) is 11.1 Å². The van der Waals surface area contributed by atoms with E-state index in [4.69, 9.17) is 11.6 Å². The molecule has 0 atom stereocenters. The fraction of sp³-hybridized carbons (Fsp3) is 0.143. The number of amides is 1. The maximum absolute atomic E-state index is 14.5. The number of aliphatic imine (C=N–C) groups is 2. The van der Waals surface area contributed by atoms with Gasteiger partial charge in [-0.05, 0) is 23.3 Å². The summed E-state index contributed by atoms with van der Waals surface area (Å²) in [6.07, 6.45) is 4.02. The summed E-state index contributed by atoms with van der Waals surface area (Å²) in [7, 11) is 1.78. The zero-order valence-corrected chi connectivity index (χ0v) is 16.3. The van der Waals surface area contributed by atoms with Crippen molar-refractivity contribution in [3.05, 3.63) is 71.3 Å². The number of halogens is 2. The van der Waals surface area contributed by atoms with Crippen molar-refractivity contribution < 1.29 is 9.18 Å².